The van der Waals surface area contributed by atoms with E-state index in [0.29, 0.717) is 30.8 Å². The molecule has 1 aliphatic heterocycles. The average molecular weight is 313 g/mol. The maximum atomic E-state index is 13.1. The van der Waals surface area contributed by atoms with E-state index >= 15 is 0 Å². The van der Waals surface area contributed by atoms with Crippen molar-refractivity contribution in [2.75, 3.05) is 6.61 Å². The van der Waals surface area contributed by atoms with Crippen LogP contribution in [0.2, 0.25) is 0 Å². The Labute approximate surface area is 136 Å². The molecule has 0 spiro atoms. The molecule has 122 valence electrons. The Morgan fingerprint density at radius 1 is 1.22 bits per heavy atom. The number of cyclic esters (lactones) is 1. The second-order valence-corrected chi connectivity index (χ2v) is 7.35. The highest BCUT2D eigenvalue weighted by Crippen LogP contribution is 2.52. The summed E-state index contributed by atoms with van der Waals surface area (Å²) in [5, 5.41) is 0. The van der Waals surface area contributed by atoms with Gasteiger partial charge in [0.1, 0.15) is 6.61 Å². The van der Waals surface area contributed by atoms with E-state index in [4.69, 9.17) is 4.74 Å². The van der Waals surface area contributed by atoms with Crippen LogP contribution in [0.1, 0.15) is 31.7 Å². The molecule has 0 N–H and O–H groups in total. The fraction of sp³-hybridized carbons (Fsp3) is 0.579. The molecule has 5 atom stereocenters. The van der Waals surface area contributed by atoms with Crippen molar-refractivity contribution >= 4 is 12.0 Å². The number of rotatable bonds is 3. The van der Waals surface area contributed by atoms with E-state index in [1.807, 2.05) is 30.3 Å². The van der Waals surface area contributed by atoms with Gasteiger partial charge in [0.2, 0.25) is 5.91 Å². The topological polar surface area (TPSA) is 46.6 Å². The smallest absolute Gasteiger partial charge is 0.416 e. The lowest BCUT2D eigenvalue weighted by molar-refractivity contribution is -0.136. The molecule has 1 aromatic rings. The number of ether oxygens (including phenoxy) is 1. The largest absolute Gasteiger partial charge is 0.447 e. The first-order valence-corrected chi connectivity index (χ1v) is 8.69. The van der Waals surface area contributed by atoms with Crippen molar-refractivity contribution < 1.29 is 14.3 Å². The van der Waals surface area contributed by atoms with E-state index in [0.717, 1.165) is 18.4 Å². The lowest BCUT2D eigenvalue weighted by Crippen LogP contribution is -2.46. The summed E-state index contributed by atoms with van der Waals surface area (Å²) in [5.74, 6) is 1.55. The second-order valence-electron chi connectivity index (χ2n) is 7.35. The van der Waals surface area contributed by atoms with Gasteiger partial charge in [-0.2, -0.15) is 0 Å². The lowest BCUT2D eigenvalue weighted by atomic mass is 9.79. The Morgan fingerprint density at radius 3 is 2.65 bits per heavy atom. The maximum Gasteiger partial charge on any atom is 0.416 e. The van der Waals surface area contributed by atoms with Crippen LogP contribution in [0.25, 0.3) is 0 Å². The number of hydrogen-bond donors (Lipinski definition) is 0. The summed E-state index contributed by atoms with van der Waals surface area (Å²) in [6.45, 7) is 2.49. The molecular formula is C19H23NO3. The molecule has 4 nitrogen and oxygen atoms in total. The van der Waals surface area contributed by atoms with Crippen LogP contribution in [-0.4, -0.2) is 29.5 Å². The predicted octanol–water partition coefficient (Wildman–Crippen LogP) is 3.26. The highest BCUT2D eigenvalue weighted by molar-refractivity contribution is 5.95. The van der Waals surface area contributed by atoms with Crippen LogP contribution in [-0.2, 0) is 16.0 Å². The summed E-state index contributed by atoms with van der Waals surface area (Å²) in [6.07, 6.45) is 3.76. The first-order chi connectivity index (χ1) is 11.1. The van der Waals surface area contributed by atoms with Gasteiger partial charge in [0.05, 0.1) is 6.04 Å². The summed E-state index contributed by atoms with van der Waals surface area (Å²) in [5.41, 5.74) is 1.13. The molecule has 2 aliphatic carbocycles. The zero-order valence-electron chi connectivity index (χ0n) is 13.5. The van der Waals surface area contributed by atoms with E-state index in [1.165, 1.54) is 11.3 Å². The molecule has 3 fully saturated rings. The van der Waals surface area contributed by atoms with Crippen LogP contribution in [0, 0.1) is 23.7 Å². The number of hydrogen-bond acceptors (Lipinski definition) is 3. The molecule has 0 aromatic heterocycles. The molecule has 2 amide bonds. The molecule has 3 aliphatic rings. The standard InChI is InChI=1S/C19H23NO3/c1-12-14-7-8-15(10-14)17(12)18(21)20-16(11-23-19(20)22)9-13-5-3-2-4-6-13/h2-6,12,14-17H,7-11H2,1H3/t12-,14+,15-,16-,17+/m0/s1. The van der Waals surface area contributed by atoms with E-state index in [-0.39, 0.29) is 17.9 Å². The molecule has 1 heterocycles. The third-order valence-electron chi connectivity index (χ3n) is 6.13. The molecule has 1 saturated heterocycles. The molecule has 4 rings (SSSR count). The third kappa shape index (κ3) is 2.44. The average Bonchev–Trinajstić information content (AvgIpc) is 3.23. The highest BCUT2D eigenvalue weighted by Gasteiger charge is 2.52. The van der Waals surface area contributed by atoms with Gasteiger partial charge in [-0.15, -0.1) is 0 Å². The minimum absolute atomic E-state index is 0.00753. The summed E-state index contributed by atoms with van der Waals surface area (Å²) in [6, 6.07) is 9.84. The van der Waals surface area contributed by atoms with Crippen molar-refractivity contribution in [1.29, 1.82) is 0 Å². The zero-order chi connectivity index (χ0) is 16.0. The fourth-order valence-corrected chi connectivity index (χ4v) is 4.93. The molecule has 0 radical (unpaired) electrons. The van der Waals surface area contributed by atoms with Crippen molar-refractivity contribution in [3.63, 3.8) is 0 Å². The minimum atomic E-state index is -0.453. The van der Waals surface area contributed by atoms with Gasteiger partial charge in [0.25, 0.3) is 0 Å². The molecule has 2 saturated carbocycles. The zero-order valence-corrected chi connectivity index (χ0v) is 13.5. The van der Waals surface area contributed by atoms with Crippen molar-refractivity contribution in [2.45, 2.75) is 38.6 Å². The first kappa shape index (κ1) is 14.7. The number of fused-ring (bicyclic) bond motifs is 2. The normalized spacial score (nSPS) is 35.6. The number of carbonyl (C=O) groups is 2. The molecular weight excluding hydrogens is 290 g/mol. The summed E-state index contributed by atoms with van der Waals surface area (Å²) >= 11 is 0. The van der Waals surface area contributed by atoms with Crippen molar-refractivity contribution in [3.8, 4) is 0 Å². The Balaban J connectivity index is 1.53. The number of imide groups is 1. The summed E-state index contributed by atoms with van der Waals surface area (Å²) in [7, 11) is 0. The molecule has 23 heavy (non-hydrogen) atoms. The molecule has 1 aromatic carbocycles. The fourth-order valence-electron chi connectivity index (χ4n) is 4.93. The number of benzene rings is 1. The third-order valence-corrected chi connectivity index (χ3v) is 6.13. The van der Waals surface area contributed by atoms with Crippen LogP contribution in [0.5, 0.6) is 0 Å². The van der Waals surface area contributed by atoms with Gasteiger partial charge in [0, 0.05) is 5.92 Å². The summed E-state index contributed by atoms with van der Waals surface area (Å²) in [4.78, 5) is 26.7. The highest BCUT2D eigenvalue weighted by atomic mass is 16.6. The number of carbonyl (C=O) groups excluding carboxylic acids is 2. The molecule has 2 bridgehead atoms. The van der Waals surface area contributed by atoms with Gasteiger partial charge in [-0.25, -0.2) is 9.69 Å². The van der Waals surface area contributed by atoms with Crippen molar-refractivity contribution in [2.24, 2.45) is 23.7 Å². The maximum absolute atomic E-state index is 13.1. The Kier molecular flexibility index (Phi) is 3.63. The second kappa shape index (κ2) is 5.66. The van der Waals surface area contributed by atoms with Crippen LogP contribution in [0.15, 0.2) is 30.3 Å². The number of amides is 2. The lowest BCUT2D eigenvalue weighted by Gasteiger charge is -2.31. The number of nitrogens with zero attached hydrogens (tertiary/aromatic N) is 1. The Morgan fingerprint density at radius 2 is 1.96 bits per heavy atom. The Bertz CT molecular complexity index is 612. The minimum Gasteiger partial charge on any atom is -0.447 e. The predicted molar refractivity (Wildman–Crippen MR) is 85.6 cm³/mol. The Hall–Kier alpha value is -1.84. The van der Waals surface area contributed by atoms with Crippen molar-refractivity contribution in [1.82, 2.24) is 4.90 Å². The van der Waals surface area contributed by atoms with E-state index in [2.05, 4.69) is 6.92 Å². The van der Waals surface area contributed by atoms with E-state index < -0.39 is 6.09 Å². The summed E-state index contributed by atoms with van der Waals surface area (Å²) < 4.78 is 5.21. The van der Waals surface area contributed by atoms with E-state index in [1.54, 1.807) is 0 Å². The SMILES string of the molecule is C[C@H]1[C@@H]2CC[C@@H](C2)[C@@H]1C(=O)N1C(=O)OC[C@@H]1Cc1ccccc1. The molecule has 4 heteroatoms. The van der Waals surface area contributed by atoms with Gasteiger partial charge < -0.3 is 4.74 Å². The van der Waals surface area contributed by atoms with Gasteiger partial charge in [-0.3, -0.25) is 4.79 Å². The van der Waals surface area contributed by atoms with E-state index in [9.17, 15) is 9.59 Å². The monoisotopic (exact) mass is 313 g/mol. The van der Waals surface area contributed by atoms with Gasteiger partial charge in [-0.1, -0.05) is 37.3 Å². The van der Waals surface area contributed by atoms with Gasteiger partial charge >= 0.3 is 6.09 Å². The quantitative estimate of drug-likeness (QED) is 0.860. The van der Waals surface area contributed by atoms with Gasteiger partial charge in [-0.05, 0) is 49.0 Å². The van der Waals surface area contributed by atoms with Crippen LogP contribution in [0.4, 0.5) is 4.79 Å². The molecule has 0 unspecified atom stereocenters. The first-order valence-electron chi connectivity index (χ1n) is 8.69. The van der Waals surface area contributed by atoms with Crippen LogP contribution < -0.4 is 0 Å². The van der Waals surface area contributed by atoms with Crippen LogP contribution in [0.3, 0.4) is 0 Å². The van der Waals surface area contributed by atoms with Crippen LogP contribution >= 0.6 is 0 Å². The van der Waals surface area contributed by atoms with Crippen molar-refractivity contribution in [3.05, 3.63) is 35.9 Å². The van der Waals surface area contributed by atoms with Gasteiger partial charge in [0.15, 0.2) is 0 Å².